The quantitative estimate of drug-likeness (QED) is 0.902. The molecule has 1 unspecified atom stereocenters. The Kier molecular flexibility index (Phi) is 4.44. The molecule has 1 N–H and O–H groups in total. The minimum Gasteiger partial charge on any atom is -0.368 e. The van der Waals surface area contributed by atoms with Crippen molar-refractivity contribution in [2.45, 2.75) is 6.10 Å². The summed E-state index contributed by atoms with van der Waals surface area (Å²) in [6.07, 6.45) is 2.92. The minimum absolute atomic E-state index is 0.147. The van der Waals surface area contributed by atoms with Gasteiger partial charge in [0.2, 0.25) is 5.95 Å². The Morgan fingerprint density at radius 1 is 1.54 bits per heavy atom. The van der Waals surface area contributed by atoms with Crippen LogP contribution in [0.2, 0.25) is 0 Å². The fourth-order valence-electron chi connectivity index (χ4n) is 2.52. The van der Waals surface area contributed by atoms with Crippen molar-refractivity contribution < 1.29 is 9.53 Å². The van der Waals surface area contributed by atoms with Gasteiger partial charge in [-0.25, -0.2) is 9.97 Å². The number of hydrogen-bond acceptors (Lipinski definition) is 6. The lowest BCUT2D eigenvalue weighted by atomic mass is 10.2. The van der Waals surface area contributed by atoms with Crippen LogP contribution in [0.5, 0.6) is 0 Å². The van der Waals surface area contributed by atoms with Gasteiger partial charge in [0.1, 0.15) is 17.9 Å². The lowest BCUT2D eigenvalue weighted by Gasteiger charge is -2.32. The highest BCUT2D eigenvalue weighted by molar-refractivity contribution is 5.93. The van der Waals surface area contributed by atoms with E-state index in [4.69, 9.17) is 10.00 Å². The maximum atomic E-state index is 12.6. The van der Waals surface area contributed by atoms with Crippen molar-refractivity contribution in [2.75, 3.05) is 38.7 Å². The van der Waals surface area contributed by atoms with E-state index in [1.54, 1.807) is 23.2 Å². The van der Waals surface area contributed by atoms with Crippen molar-refractivity contribution in [3.63, 3.8) is 0 Å². The van der Waals surface area contributed by atoms with Gasteiger partial charge in [-0.3, -0.25) is 4.79 Å². The molecule has 8 heteroatoms. The molecule has 0 radical (unpaired) electrons. The van der Waals surface area contributed by atoms with E-state index in [-0.39, 0.29) is 12.0 Å². The highest BCUT2D eigenvalue weighted by Gasteiger charge is 2.28. The van der Waals surface area contributed by atoms with E-state index in [0.29, 0.717) is 36.9 Å². The van der Waals surface area contributed by atoms with Gasteiger partial charge in [0.25, 0.3) is 5.91 Å². The molecule has 0 bridgehead atoms. The molecule has 0 aromatic carbocycles. The molecule has 3 heterocycles. The van der Waals surface area contributed by atoms with Gasteiger partial charge in [-0.2, -0.15) is 5.26 Å². The smallest absolute Gasteiger partial charge is 0.270 e. The van der Waals surface area contributed by atoms with Crippen molar-refractivity contribution in [3.05, 3.63) is 41.5 Å². The predicted molar refractivity (Wildman–Crippen MR) is 86.5 cm³/mol. The van der Waals surface area contributed by atoms with Gasteiger partial charge in [0.05, 0.1) is 24.4 Å². The fourth-order valence-corrected chi connectivity index (χ4v) is 2.52. The average Bonchev–Trinajstić information content (AvgIpc) is 3.10. The number of nitrogens with one attached hydrogen (secondary N) is 1. The van der Waals surface area contributed by atoms with Gasteiger partial charge in [-0.05, 0) is 12.1 Å². The SMILES string of the molecule is CN(C)c1nccc(C2CN(C(=O)c3cc(C#N)c[nH]3)CCO2)n1. The number of nitrogens with zero attached hydrogens (tertiary/aromatic N) is 5. The van der Waals surface area contributed by atoms with Gasteiger partial charge in [-0.15, -0.1) is 0 Å². The summed E-state index contributed by atoms with van der Waals surface area (Å²) in [4.78, 5) is 27.6. The van der Waals surface area contributed by atoms with Crippen molar-refractivity contribution in [1.82, 2.24) is 19.9 Å². The zero-order valence-electron chi connectivity index (χ0n) is 13.6. The van der Waals surface area contributed by atoms with E-state index in [2.05, 4.69) is 15.0 Å². The van der Waals surface area contributed by atoms with Gasteiger partial charge in [0.15, 0.2) is 0 Å². The molecule has 1 amide bonds. The number of rotatable bonds is 3. The van der Waals surface area contributed by atoms with E-state index in [0.717, 1.165) is 5.69 Å². The van der Waals surface area contributed by atoms with Crippen molar-refractivity contribution >= 4 is 11.9 Å². The van der Waals surface area contributed by atoms with Crippen LogP contribution >= 0.6 is 0 Å². The zero-order valence-corrected chi connectivity index (χ0v) is 13.6. The molecule has 1 aliphatic heterocycles. The Morgan fingerprint density at radius 3 is 3.08 bits per heavy atom. The van der Waals surface area contributed by atoms with Crippen LogP contribution in [0.25, 0.3) is 0 Å². The van der Waals surface area contributed by atoms with E-state index < -0.39 is 0 Å². The van der Waals surface area contributed by atoms with Crippen LogP contribution in [-0.4, -0.2) is 59.6 Å². The Morgan fingerprint density at radius 2 is 2.38 bits per heavy atom. The molecule has 0 aliphatic carbocycles. The molecule has 1 fully saturated rings. The second kappa shape index (κ2) is 6.68. The third-order valence-corrected chi connectivity index (χ3v) is 3.79. The number of H-pyrrole nitrogens is 1. The summed E-state index contributed by atoms with van der Waals surface area (Å²) in [7, 11) is 3.74. The number of ether oxygens (including phenoxy) is 1. The Labute approximate surface area is 139 Å². The van der Waals surface area contributed by atoms with Crippen LogP contribution in [0, 0.1) is 11.3 Å². The number of carbonyl (C=O) groups is 1. The molecule has 0 saturated carbocycles. The number of amides is 1. The maximum absolute atomic E-state index is 12.6. The van der Waals surface area contributed by atoms with Gasteiger partial charge in [-0.1, -0.05) is 0 Å². The highest BCUT2D eigenvalue weighted by atomic mass is 16.5. The average molecular weight is 326 g/mol. The van der Waals surface area contributed by atoms with Crippen LogP contribution in [0.1, 0.15) is 27.8 Å². The third-order valence-electron chi connectivity index (χ3n) is 3.79. The Hall–Kier alpha value is -2.92. The molecule has 24 heavy (non-hydrogen) atoms. The second-order valence-electron chi connectivity index (χ2n) is 5.70. The van der Waals surface area contributed by atoms with Crippen LogP contribution in [0.3, 0.4) is 0 Å². The molecule has 0 spiro atoms. The highest BCUT2D eigenvalue weighted by Crippen LogP contribution is 2.22. The first-order valence-corrected chi connectivity index (χ1v) is 7.58. The summed E-state index contributed by atoms with van der Waals surface area (Å²) in [6, 6.07) is 5.37. The van der Waals surface area contributed by atoms with Crippen molar-refractivity contribution in [2.24, 2.45) is 0 Å². The number of carbonyl (C=O) groups excluding carboxylic acids is 1. The molecule has 2 aromatic heterocycles. The zero-order chi connectivity index (χ0) is 17.1. The van der Waals surface area contributed by atoms with Crippen LogP contribution < -0.4 is 4.90 Å². The first-order chi connectivity index (χ1) is 11.6. The number of anilines is 1. The third kappa shape index (κ3) is 3.21. The maximum Gasteiger partial charge on any atom is 0.270 e. The molecular weight excluding hydrogens is 308 g/mol. The molecule has 1 saturated heterocycles. The standard InChI is InChI=1S/C16H18N6O2/c1-21(2)16-18-4-3-12(20-16)14-10-22(5-6-24-14)15(23)13-7-11(8-17)9-19-13/h3-4,7,9,14,19H,5-6,10H2,1-2H3. The monoisotopic (exact) mass is 326 g/mol. The van der Waals surface area contributed by atoms with E-state index in [1.807, 2.05) is 25.1 Å². The number of morpholine rings is 1. The second-order valence-corrected chi connectivity index (χ2v) is 5.70. The lowest BCUT2D eigenvalue weighted by molar-refractivity contribution is -0.0249. The summed E-state index contributed by atoms with van der Waals surface area (Å²) in [6.45, 7) is 1.34. The summed E-state index contributed by atoms with van der Waals surface area (Å²) in [5.41, 5.74) is 1.59. The van der Waals surface area contributed by atoms with Crippen molar-refractivity contribution in [3.8, 4) is 6.07 Å². The topological polar surface area (TPSA) is 98.1 Å². The molecule has 2 aromatic rings. The Balaban J connectivity index is 1.75. The summed E-state index contributed by atoms with van der Waals surface area (Å²) in [5.74, 6) is 0.453. The predicted octanol–water partition coefficient (Wildman–Crippen LogP) is 0.956. The summed E-state index contributed by atoms with van der Waals surface area (Å²) < 4.78 is 5.78. The van der Waals surface area contributed by atoms with E-state index >= 15 is 0 Å². The number of nitriles is 1. The largest absolute Gasteiger partial charge is 0.368 e. The Bertz CT molecular complexity index is 779. The van der Waals surface area contributed by atoms with Crippen LogP contribution in [0.15, 0.2) is 24.5 Å². The first-order valence-electron chi connectivity index (χ1n) is 7.58. The van der Waals surface area contributed by atoms with Gasteiger partial charge in [0, 0.05) is 33.0 Å². The lowest BCUT2D eigenvalue weighted by Crippen LogP contribution is -2.42. The molecular formula is C16H18N6O2. The van der Waals surface area contributed by atoms with Crippen molar-refractivity contribution in [1.29, 1.82) is 5.26 Å². The van der Waals surface area contributed by atoms with Crippen LogP contribution in [0.4, 0.5) is 5.95 Å². The normalized spacial score (nSPS) is 17.4. The molecule has 124 valence electrons. The summed E-state index contributed by atoms with van der Waals surface area (Å²) >= 11 is 0. The number of aromatic amines is 1. The number of hydrogen-bond donors (Lipinski definition) is 1. The molecule has 1 atom stereocenters. The summed E-state index contributed by atoms with van der Waals surface area (Å²) in [5, 5.41) is 8.87. The molecule has 1 aliphatic rings. The number of aromatic nitrogens is 3. The van der Waals surface area contributed by atoms with Gasteiger partial charge < -0.3 is 19.5 Å². The minimum atomic E-state index is -0.296. The van der Waals surface area contributed by atoms with Gasteiger partial charge >= 0.3 is 0 Å². The molecule has 3 rings (SSSR count). The van der Waals surface area contributed by atoms with Crippen LogP contribution in [-0.2, 0) is 4.74 Å². The van der Waals surface area contributed by atoms with E-state index in [1.165, 1.54) is 6.20 Å². The van der Waals surface area contributed by atoms with E-state index in [9.17, 15) is 4.79 Å². The molecule has 8 nitrogen and oxygen atoms in total. The fraction of sp³-hybridized carbons (Fsp3) is 0.375. The first kappa shape index (κ1) is 16.0.